The summed E-state index contributed by atoms with van der Waals surface area (Å²) in [4.78, 5) is 41.4. The number of ether oxygens (including phenoxy) is 2. The van der Waals surface area contributed by atoms with Crippen molar-refractivity contribution in [2.75, 3.05) is 26.4 Å². The van der Waals surface area contributed by atoms with E-state index in [9.17, 15) is 19.5 Å². The highest BCUT2D eigenvalue weighted by atomic mass is 35.5. The number of esters is 1. The third-order valence-electron chi connectivity index (χ3n) is 6.90. The molecule has 0 aromatic heterocycles. The minimum Gasteiger partial charge on any atom is -0.442 e. The highest BCUT2D eigenvalue weighted by Crippen LogP contribution is 2.50. The maximum atomic E-state index is 13.4. The van der Waals surface area contributed by atoms with Gasteiger partial charge in [-0.1, -0.05) is 44.9 Å². The average Bonchev–Trinajstić information content (AvgIpc) is 3.13. The Kier molecular flexibility index (Phi) is 8.77. The van der Waals surface area contributed by atoms with Crippen LogP contribution in [-0.4, -0.2) is 70.7 Å². The molecule has 0 aromatic carbocycles. The van der Waals surface area contributed by atoms with Crippen LogP contribution in [0.25, 0.3) is 0 Å². The number of Topliss-reactive ketones (excluding diaryl/α,β-unsaturated/α-hetero) is 2. The zero-order valence-electron chi connectivity index (χ0n) is 21.3. The standard InChI is InChI=1S/C27H34ClNO7/c1-6-15(2)7-8-18-13-19-20(14-29(18)9-11-35-12-10-30)22-21(24(32)16(3)17(4)31)26(34)36-27(22,5)25(33)23(19)28/h7-8,13-17,30-31H,6,9-12H2,1-5H3/t15-,16-,17+,27-/m0/s1. The van der Waals surface area contributed by atoms with E-state index < -0.39 is 35.2 Å². The average molecular weight is 520 g/mol. The van der Waals surface area contributed by atoms with Crippen molar-refractivity contribution in [2.45, 2.75) is 52.7 Å². The number of halogens is 1. The maximum Gasteiger partial charge on any atom is 0.343 e. The first kappa shape index (κ1) is 28.1. The molecule has 0 fully saturated rings. The van der Waals surface area contributed by atoms with E-state index in [2.05, 4.69) is 19.9 Å². The summed E-state index contributed by atoms with van der Waals surface area (Å²) in [7, 11) is 0. The monoisotopic (exact) mass is 519 g/mol. The van der Waals surface area contributed by atoms with E-state index in [1.807, 2.05) is 11.0 Å². The zero-order chi connectivity index (χ0) is 26.8. The van der Waals surface area contributed by atoms with Gasteiger partial charge in [0.25, 0.3) is 0 Å². The summed E-state index contributed by atoms with van der Waals surface area (Å²) in [6.07, 6.45) is 7.45. The Hall–Kier alpha value is -2.52. The fourth-order valence-electron chi connectivity index (χ4n) is 4.24. The number of hydrogen-bond donors (Lipinski definition) is 2. The smallest absolute Gasteiger partial charge is 0.343 e. The maximum absolute atomic E-state index is 13.4. The summed E-state index contributed by atoms with van der Waals surface area (Å²) < 4.78 is 10.9. The molecule has 0 radical (unpaired) electrons. The van der Waals surface area contributed by atoms with Crippen molar-refractivity contribution >= 4 is 29.1 Å². The second-order valence-electron chi connectivity index (χ2n) is 9.51. The normalized spacial score (nSPS) is 24.4. The molecule has 9 heteroatoms. The van der Waals surface area contributed by atoms with Gasteiger partial charge < -0.3 is 24.6 Å². The van der Waals surface area contributed by atoms with Gasteiger partial charge in [-0.2, -0.15) is 0 Å². The number of ketones is 2. The Morgan fingerprint density at radius 3 is 2.58 bits per heavy atom. The molecule has 0 saturated carbocycles. The lowest BCUT2D eigenvalue weighted by Crippen LogP contribution is -2.43. The van der Waals surface area contributed by atoms with Crippen LogP contribution in [0.4, 0.5) is 0 Å². The van der Waals surface area contributed by atoms with Gasteiger partial charge in [-0.15, -0.1) is 0 Å². The van der Waals surface area contributed by atoms with Crippen molar-refractivity contribution in [1.82, 2.24) is 4.90 Å². The minimum atomic E-state index is -1.75. The lowest BCUT2D eigenvalue weighted by molar-refractivity contribution is -0.153. The van der Waals surface area contributed by atoms with Crippen LogP contribution in [0.1, 0.15) is 41.0 Å². The SMILES string of the molecule is CC[C@H](C)C=CC1=CC2=C(Cl)C(=O)[C@@]3(C)OC(=O)C(C(=O)[C@@H](C)[C@@H](C)O)=C3C2=CN1CCOCCO. The Morgan fingerprint density at radius 1 is 1.28 bits per heavy atom. The van der Waals surface area contributed by atoms with Crippen LogP contribution in [-0.2, 0) is 23.9 Å². The molecule has 0 bridgehead atoms. The zero-order valence-corrected chi connectivity index (χ0v) is 22.1. The van der Waals surface area contributed by atoms with Gasteiger partial charge in [-0.05, 0) is 31.9 Å². The van der Waals surface area contributed by atoms with Crippen molar-refractivity contribution in [3.63, 3.8) is 0 Å². The highest BCUT2D eigenvalue weighted by molar-refractivity contribution is 6.46. The molecule has 3 aliphatic rings. The first-order valence-corrected chi connectivity index (χ1v) is 12.6. The predicted molar refractivity (Wildman–Crippen MR) is 135 cm³/mol. The molecule has 2 heterocycles. The molecule has 36 heavy (non-hydrogen) atoms. The lowest BCUT2D eigenvalue weighted by Gasteiger charge is -2.36. The summed E-state index contributed by atoms with van der Waals surface area (Å²) in [5.74, 6) is -2.66. The molecule has 0 unspecified atom stereocenters. The second kappa shape index (κ2) is 11.3. The molecule has 0 saturated heterocycles. The Morgan fingerprint density at radius 2 is 1.97 bits per heavy atom. The van der Waals surface area contributed by atoms with E-state index in [0.29, 0.717) is 30.2 Å². The van der Waals surface area contributed by atoms with E-state index in [4.69, 9.17) is 26.2 Å². The van der Waals surface area contributed by atoms with E-state index in [0.717, 1.165) is 12.1 Å². The molecule has 2 N–H and O–H groups in total. The molecule has 196 valence electrons. The van der Waals surface area contributed by atoms with Gasteiger partial charge in [-0.3, -0.25) is 9.59 Å². The van der Waals surface area contributed by atoms with E-state index in [1.165, 1.54) is 20.8 Å². The van der Waals surface area contributed by atoms with Gasteiger partial charge in [0.15, 0.2) is 11.4 Å². The Balaban J connectivity index is 2.19. The van der Waals surface area contributed by atoms with E-state index in [-0.39, 0.29) is 29.4 Å². The lowest BCUT2D eigenvalue weighted by atomic mass is 9.74. The van der Waals surface area contributed by atoms with Crippen LogP contribution in [0.15, 0.2) is 57.4 Å². The molecule has 1 aliphatic carbocycles. The minimum absolute atomic E-state index is 0.0804. The molecular weight excluding hydrogens is 486 g/mol. The molecule has 4 atom stereocenters. The number of fused-ring (bicyclic) bond motifs is 3. The van der Waals surface area contributed by atoms with Crippen molar-refractivity contribution < 1.29 is 34.1 Å². The van der Waals surface area contributed by atoms with E-state index >= 15 is 0 Å². The van der Waals surface area contributed by atoms with Crippen LogP contribution >= 0.6 is 11.6 Å². The predicted octanol–water partition coefficient (Wildman–Crippen LogP) is 2.95. The summed E-state index contributed by atoms with van der Waals surface area (Å²) >= 11 is 6.54. The van der Waals surface area contributed by atoms with Crippen LogP contribution < -0.4 is 0 Å². The summed E-state index contributed by atoms with van der Waals surface area (Å²) in [5.41, 5.74) is -0.223. The van der Waals surface area contributed by atoms with Crippen LogP contribution in [0.5, 0.6) is 0 Å². The van der Waals surface area contributed by atoms with Gasteiger partial charge in [0.1, 0.15) is 5.57 Å². The summed E-state index contributed by atoms with van der Waals surface area (Å²) in [5, 5.41) is 19.0. The van der Waals surface area contributed by atoms with Crippen molar-refractivity contribution in [1.29, 1.82) is 0 Å². The van der Waals surface area contributed by atoms with Gasteiger partial charge in [-0.25, -0.2) is 4.79 Å². The number of carbonyl (C=O) groups is 3. The van der Waals surface area contributed by atoms with Gasteiger partial charge >= 0.3 is 5.97 Å². The second-order valence-corrected chi connectivity index (χ2v) is 9.89. The Labute approximate surface area is 216 Å². The van der Waals surface area contributed by atoms with E-state index in [1.54, 1.807) is 12.3 Å². The van der Waals surface area contributed by atoms with Crippen LogP contribution in [0, 0.1) is 11.8 Å². The number of aliphatic hydroxyl groups excluding tert-OH is 2. The first-order chi connectivity index (χ1) is 17.0. The van der Waals surface area contributed by atoms with Gasteiger partial charge in [0, 0.05) is 41.1 Å². The molecular formula is C27H34ClNO7. The van der Waals surface area contributed by atoms with Gasteiger partial charge in [0.2, 0.25) is 5.78 Å². The number of rotatable bonds is 11. The topological polar surface area (TPSA) is 113 Å². The first-order valence-electron chi connectivity index (χ1n) is 12.2. The number of nitrogens with zero attached hydrogens (tertiary/aromatic N) is 1. The number of carbonyl (C=O) groups excluding carboxylic acids is 3. The number of allylic oxidation sites excluding steroid dienone is 4. The third-order valence-corrected chi connectivity index (χ3v) is 7.28. The fourth-order valence-corrected chi connectivity index (χ4v) is 4.57. The van der Waals surface area contributed by atoms with Crippen molar-refractivity contribution in [2.24, 2.45) is 11.8 Å². The van der Waals surface area contributed by atoms with Crippen molar-refractivity contribution in [3.05, 3.63) is 57.4 Å². The largest absolute Gasteiger partial charge is 0.442 e. The third kappa shape index (κ3) is 5.13. The summed E-state index contributed by atoms with van der Waals surface area (Å²) in [6.45, 7) is 9.41. The fraction of sp³-hybridized carbons (Fsp3) is 0.519. The molecule has 2 aliphatic heterocycles. The highest BCUT2D eigenvalue weighted by Gasteiger charge is 2.57. The summed E-state index contributed by atoms with van der Waals surface area (Å²) in [6, 6.07) is 0. The molecule has 0 amide bonds. The molecule has 0 spiro atoms. The quantitative estimate of drug-likeness (QED) is 0.243. The number of hydrogen-bond acceptors (Lipinski definition) is 8. The van der Waals surface area contributed by atoms with Crippen LogP contribution in [0.2, 0.25) is 0 Å². The Bertz CT molecular complexity index is 1100. The van der Waals surface area contributed by atoms with Gasteiger partial charge in [0.05, 0.1) is 31.0 Å². The molecule has 3 rings (SSSR count). The molecule has 0 aromatic rings. The van der Waals surface area contributed by atoms with Crippen molar-refractivity contribution in [3.8, 4) is 0 Å². The molecule has 8 nitrogen and oxygen atoms in total. The van der Waals surface area contributed by atoms with Crippen LogP contribution in [0.3, 0.4) is 0 Å². The number of aliphatic hydroxyl groups is 2.